The van der Waals surface area contributed by atoms with Gasteiger partial charge in [-0.05, 0) is 43.0 Å². The van der Waals surface area contributed by atoms with E-state index in [0.717, 1.165) is 36.8 Å². The molecule has 2 heterocycles. The molecule has 0 saturated carbocycles. The summed E-state index contributed by atoms with van der Waals surface area (Å²) in [6.07, 6.45) is -0.456. The maximum Gasteiger partial charge on any atom is 0.527 e. The molecular formula is C39H40N4O10. The number of nitrogens with one attached hydrogen (secondary N) is 1. The lowest BCUT2D eigenvalue weighted by Crippen LogP contribution is -2.58. The normalized spacial score (nSPS) is 17.3. The maximum absolute atomic E-state index is 14.1. The quantitative estimate of drug-likeness (QED) is 0.117. The van der Waals surface area contributed by atoms with Crippen molar-refractivity contribution < 1.29 is 39.0 Å². The third kappa shape index (κ3) is 7.55. The minimum atomic E-state index is -1.55. The summed E-state index contributed by atoms with van der Waals surface area (Å²) in [5.74, 6) is -2.87. The number of likely N-dealkylation sites (tertiary alicyclic amines) is 1. The molecule has 3 atom stereocenters. The van der Waals surface area contributed by atoms with Crippen LogP contribution in [0.1, 0.15) is 66.2 Å². The Kier molecular flexibility index (Phi) is 10.5. The van der Waals surface area contributed by atoms with E-state index in [9.17, 15) is 39.0 Å². The van der Waals surface area contributed by atoms with Crippen molar-refractivity contribution in [2.45, 2.75) is 63.2 Å². The first-order chi connectivity index (χ1) is 25.3. The van der Waals surface area contributed by atoms with Crippen molar-refractivity contribution in [3.63, 3.8) is 0 Å². The molecule has 1 aliphatic carbocycles. The van der Waals surface area contributed by atoms with Gasteiger partial charge in [-0.1, -0.05) is 78.9 Å². The molecule has 1 saturated heterocycles. The van der Waals surface area contributed by atoms with E-state index in [0.29, 0.717) is 5.56 Å². The van der Waals surface area contributed by atoms with Crippen LogP contribution >= 0.6 is 0 Å². The Balaban J connectivity index is 1.19. The number of aromatic amines is 1. The fraction of sp³-hybridized carbons (Fsp3) is 0.333. The van der Waals surface area contributed by atoms with Gasteiger partial charge in [-0.2, -0.15) is 0 Å². The Morgan fingerprint density at radius 1 is 0.925 bits per heavy atom. The number of hydrogen-bond donors (Lipinski definition) is 3. The molecule has 53 heavy (non-hydrogen) atoms. The van der Waals surface area contributed by atoms with E-state index in [1.54, 1.807) is 51.1 Å². The van der Waals surface area contributed by atoms with E-state index in [-0.39, 0.29) is 43.3 Å². The van der Waals surface area contributed by atoms with Gasteiger partial charge in [-0.3, -0.25) is 23.9 Å². The number of aliphatic hydroxyl groups excluding tert-OH is 1. The third-order valence-electron chi connectivity index (χ3n) is 9.63. The molecule has 3 aromatic carbocycles. The molecule has 1 aromatic heterocycles. The highest BCUT2D eigenvalue weighted by Gasteiger charge is 2.47. The summed E-state index contributed by atoms with van der Waals surface area (Å²) in [4.78, 5) is 87.2. The SMILES string of the molecule is CC(C)(C)N(OC(=O)OCC1c2ccccc2-c2ccccc21)[C@H](CO)C(=O)N1C[C@H](n2cc(CC(=O)c3ccccc3)c(=O)[nH]c2=O)C[C@@H]1C(=O)O. The van der Waals surface area contributed by atoms with Crippen molar-refractivity contribution in [2.24, 2.45) is 0 Å². The average molecular weight is 725 g/mol. The zero-order valence-electron chi connectivity index (χ0n) is 29.4. The van der Waals surface area contributed by atoms with Crippen molar-refractivity contribution >= 4 is 23.8 Å². The number of aliphatic carboxylic acids is 1. The van der Waals surface area contributed by atoms with Gasteiger partial charge in [0.2, 0.25) is 5.91 Å². The van der Waals surface area contributed by atoms with E-state index in [1.165, 1.54) is 6.20 Å². The molecule has 1 fully saturated rings. The number of fused-ring (bicyclic) bond motifs is 3. The van der Waals surface area contributed by atoms with Crippen molar-refractivity contribution in [3.8, 4) is 11.1 Å². The minimum Gasteiger partial charge on any atom is -0.480 e. The van der Waals surface area contributed by atoms with Crippen molar-refractivity contribution in [2.75, 3.05) is 19.8 Å². The lowest BCUT2D eigenvalue weighted by Gasteiger charge is -2.39. The van der Waals surface area contributed by atoms with Gasteiger partial charge >= 0.3 is 17.8 Å². The summed E-state index contributed by atoms with van der Waals surface area (Å²) in [6, 6.07) is 20.0. The zero-order chi connectivity index (χ0) is 38.0. The van der Waals surface area contributed by atoms with Gasteiger partial charge in [-0.15, -0.1) is 5.06 Å². The second-order valence-corrected chi connectivity index (χ2v) is 14.1. The molecule has 4 aromatic rings. The number of aromatic nitrogens is 2. The predicted octanol–water partition coefficient (Wildman–Crippen LogP) is 3.53. The van der Waals surface area contributed by atoms with Crippen LogP contribution in [0.25, 0.3) is 11.1 Å². The summed E-state index contributed by atoms with van der Waals surface area (Å²) in [5, 5.41) is 21.7. The Labute approximate surface area is 304 Å². The first-order valence-corrected chi connectivity index (χ1v) is 17.2. The largest absolute Gasteiger partial charge is 0.527 e. The van der Waals surface area contributed by atoms with Crippen LogP contribution in [-0.2, 0) is 25.6 Å². The van der Waals surface area contributed by atoms with E-state index < -0.39 is 59.6 Å². The van der Waals surface area contributed by atoms with Crippen LogP contribution in [0, 0.1) is 0 Å². The Morgan fingerprint density at radius 3 is 2.11 bits per heavy atom. The number of Topliss-reactive ketones (excluding diaryl/α,β-unsaturated/α-hetero) is 1. The van der Waals surface area contributed by atoms with Gasteiger partial charge < -0.3 is 24.7 Å². The lowest BCUT2D eigenvalue weighted by molar-refractivity contribution is -0.214. The second kappa shape index (κ2) is 15.0. The van der Waals surface area contributed by atoms with Crippen molar-refractivity contribution in [3.05, 3.63) is 128 Å². The van der Waals surface area contributed by atoms with Gasteiger partial charge in [0.15, 0.2) is 5.78 Å². The lowest BCUT2D eigenvalue weighted by atomic mass is 9.98. The first kappa shape index (κ1) is 36.9. The van der Waals surface area contributed by atoms with E-state index in [4.69, 9.17) is 9.57 Å². The Hall–Kier alpha value is -5.86. The molecule has 14 nitrogen and oxygen atoms in total. The standard InChI is InChI=1S/C39H40N4O10/c1-39(2,3)43(53-38(51)52-22-30-28-15-9-7-13-26(28)27-14-8-10-16-29(27)30)32(21-44)35(47)42-20-25(18-31(42)36(48)49)41-19-24(34(46)40-37(41)50)17-33(45)23-11-5-4-6-12-23/h4-16,19,25,30-32,44H,17-18,20-22H2,1-3H3,(H,48,49)(H,40,46,50)/t25-,31-,32-/m1/s1. The highest BCUT2D eigenvalue weighted by atomic mass is 16.8. The number of amides is 1. The van der Waals surface area contributed by atoms with Crippen LogP contribution in [0.3, 0.4) is 0 Å². The highest BCUT2D eigenvalue weighted by molar-refractivity contribution is 5.97. The summed E-state index contributed by atoms with van der Waals surface area (Å²) >= 11 is 0. The van der Waals surface area contributed by atoms with E-state index >= 15 is 0 Å². The number of rotatable bonds is 11. The number of ketones is 1. The number of carboxylic acid groups (broad SMARTS) is 1. The summed E-state index contributed by atoms with van der Waals surface area (Å²) in [7, 11) is 0. The molecule has 2 aliphatic rings. The number of hydrogen-bond acceptors (Lipinski definition) is 10. The van der Waals surface area contributed by atoms with Crippen LogP contribution in [0.15, 0.2) is 94.6 Å². The van der Waals surface area contributed by atoms with Gasteiger partial charge in [0, 0.05) is 48.2 Å². The van der Waals surface area contributed by atoms with E-state index in [1.807, 2.05) is 48.5 Å². The molecule has 14 heteroatoms. The van der Waals surface area contributed by atoms with Crippen LogP contribution < -0.4 is 11.2 Å². The van der Waals surface area contributed by atoms with Gasteiger partial charge in [0.25, 0.3) is 5.56 Å². The van der Waals surface area contributed by atoms with Crippen LogP contribution in [-0.4, -0.2) is 90.9 Å². The number of benzene rings is 3. The number of carbonyl (C=O) groups excluding carboxylic acids is 3. The molecule has 0 spiro atoms. The number of carbonyl (C=O) groups is 4. The van der Waals surface area contributed by atoms with Gasteiger partial charge in [-0.25, -0.2) is 14.4 Å². The van der Waals surface area contributed by atoms with Gasteiger partial charge in [0.05, 0.1) is 12.6 Å². The van der Waals surface area contributed by atoms with Crippen LogP contribution in [0.2, 0.25) is 0 Å². The second-order valence-electron chi connectivity index (χ2n) is 14.1. The van der Waals surface area contributed by atoms with Crippen LogP contribution in [0.4, 0.5) is 4.79 Å². The van der Waals surface area contributed by atoms with Gasteiger partial charge in [0.1, 0.15) is 18.7 Å². The summed E-state index contributed by atoms with van der Waals surface area (Å²) < 4.78 is 6.71. The predicted molar refractivity (Wildman–Crippen MR) is 191 cm³/mol. The molecule has 1 aliphatic heterocycles. The third-order valence-corrected chi connectivity index (χ3v) is 9.63. The average Bonchev–Trinajstić information content (AvgIpc) is 3.72. The number of carboxylic acids is 1. The smallest absolute Gasteiger partial charge is 0.480 e. The number of nitrogens with zero attached hydrogens (tertiary/aromatic N) is 3. The molecule has 1 amide bonds. The number of ether oxygens (including phenoxy) is 1. The molecule has 276 valence electrons. The monoisotopic (exact) mass is 724 g/mol. The zero-order valence-corrected chi connectivity index (χ0v) is 29.4. The highest BCUT2D eigenvalue weighted by Crippen LogP contribution is 2.44. The fourth-order valence-corrected chi connectivity index (χ4v) is 7.13. The fourth-order valence-electron chi connectivity index (χ4n) is 7.13. The number of H-pyrrole nitrogens is 1. The topological polar surface area (TPSA) is 189 Å². The Morgan fingerprint density at radius 2 is 1.53 bits per heavy atom. The maximum atomic E-state index is 14.1. The summed E-state index contributed by atoms with van der Waals surface area (Å²) in [6.45, 7) is 3.69. The molecule has 0 unspecified atom stereocenters. The van der Waals surface area contributed by atoms with E-state index in [2.05, 4.69) is 4.98 Å². The molecule has 0 bridgehead atoms. The molecule has 0 radical (unpaired) electrons. The first-order valence-electron chi connectivity index (χ1n) is 17.2. The molecule has 6 rings (SSSR count). The number of hydroxylamine groups is 2. The summed E-state index contributed by atoms with van der Waals surface area (Å²) in [5.41, 5.74) is 1.70. The molecule has 3 N–H and O–H groups in total. The van der Waals surface area contributed by atoms with Crippen molar-refractivity contribution in [1.82, 2.24) is 19.5 Å². The van der Waals surface area contributed by atoms with Crippen LogP contribution in [0.5, 0.6) is 0 Å². The van der Waals surface area contributed by atoms with Crippen molar-refractivity contribution in [1.29, 1.82) is 0 Å². The minimum absolute atomic E-state index is 0.0151. The molecular weight excluding hydrogens is 684 g/mol. The Bertz CT molecular complexity index is 2110. The number of aliphatic hydroxyl groups is 1.